The lowest BCUT2D eigenvalue weighted by Crippen LogP contribution is -2.53. The Kier molecular flexibility index (Phi) is 7.33. The number of alkyl halides is 1. The fourth-order valence-corrected chi connectivity index (χ4v) is 8.04. The standard InChI is InChI=1S/C31H33ClF2N8O4/c32-22-8-23-20(11-36-40-23)24-19(22)3-1-6-45-30(44)37-17-7-18(43)14-41(13-17)28-21-10-35-27(24)25(34)26(21)38-29(39-28)46-15-31-4-2-5-42(31)12-16(33)9-31/h8,10-11,16-18,43H,1-7,9,12-15H2,(H,36,40)(H,37,44)/t16-,17+,18-,31+/m1/s1. The van der Waals surface area contributed by atoms with Gasteiger partial charge >= 0.3 is 12.1 Å². The Hall–Kier alpha value is -3.88. The third kappa shape index (κ3) is 5.06. The van der Waals surface area contributed by atoms with Crippen LogP contribution >= 0.6 is 11.6 Å². The highest BCUT2D eigenvalue weighted by Gasteiger charge is 2.49. The van der Waals surface area contributed by atoms with Gasteiger partial charge in [0.25, 0.3) is 0 Å². The largest absolute Gasteiger partial charge is 0.461 e. The molecule has 6 bridgehead atoms. The van der Waals surface area contributed by atoms with E-state index in [1.54, 1.807) is 17.2 Å². The number of aliphatic hydroxyl groups is 1. The lowest BCUT2D eigenvalue weighted by molar-refractivity contribution is 0.107. The maximum Gasteiger partial charge on any atom is 0.407 e. The number of nitrogens with zero attached hydrogens (tertiary/aromatic N) is 6. The van der Waals surface area contributed by atoms with Crippen molar-refractivity contribution in [3.8, 4) is 17.3 Å². The second kappa shape index (κ2) is 11.4. The van der Waals surface area contributed by atoms with Crippen LogP contribution in [0.1, 0.15) is 37.7 Å². The first-order valence-corrected chi connectivity index (χ1v) is 16.0. The average molecular weight is 655 g/mol. The molecule has 0 saturated carbocycles. The number of rotatable bonds is 3. The highest BCUT2D eigenvalue weighted by Crippen LogP contribution is 2.42. The summed E-state index contributed by atoms with van der Waals surface area (Å²) in [6.45, 7) is 1.87. The van der Waals surface area contributed by atoms with Crippen molar-refractivity contribution in [1.29, 1.82) is 0 Å². The van der Waals surface area contributed by atoms with E-state index in [4.69, 9.17) is 26.1 Å². The van der Waals surface area contributed by atoms with Gasteiger partial charge in [0.1, 0.15) is 29.8 Å². The maximum absolute atomic E-state index is 16.9. The Balaban J connectivity index is 1.30. The van der Waals surface area contributed by atoms with E-state index in [9.17, 15) is 14.3 Å². The fourth-order valence-electron chi connectivity index (χ4n) is 7.74. The van der Waals surface area contributed by atoms with Crippen molar-refractivity contribution in [2.75, 3.05) is 44.3 Å². The van der Waals surface area contributed by atoms with Crippen LogP contribution in [0.3, 0.4) is 0 Å². The molecule has 8 heterocycles. The molecule has 4 atom stereocenters. The predicted molar refractivity (Wildman–Crippen MR) is 165 cm³/mol. The third-order valence-electron chi connectivity index (χ3n) is 9.76. The van der Waals surface area contributed by atoms with Crippen LogP contribution in [-0.2, 0) is 11.2 Å². The van der Waals surface area contributed by atoms with Crippen molar-refractivity contribution in [3.05, 3.63) is 34.9 Å². The summed E-state index contributed by atoms with van der Waals surface area (Å²) in [5.41, 5.74) is 1.26. The van der Waals surface area contributed by atoms with Crippen LogP contribution in [0.4, 0.5) is 19.4 Å². The zero-order chi connectivity index (χ0) is 31.6. The van der Waals surface area contributed by atoms with Gasteiger partial charge in [-0.3, -0.25) is 15.0 Å². The summed E-state index contributed by atoms with van der Waals surface area (Å²) in [4.78, 5) is 30.5. The smallest absolute Gasteiger partial charge is 0.407 e. The molecular weight excluding hydrogens is 622 g/mol. The van der Waals surface area contributed by atoms with Crippen LogP contribution in [-0.4, -0.2) is 104 Å². The van der Waals surface area contributed by atoms with Crippen LogP contribution in [0.2, 0.25) is 5.02 Å². The molecule has 242 valence electrons. The molecule has 0 aliphatic carbocycles. The zero-order valence-electron chi connectivity index (χ0n) is 24.9. The minimum atomic E-state index is -0.937. The monoisotopic (exact) mass is 654 g/mol. The van der Waals surface area contributed by atoms with E-state index >= 15 is 4.39 Å². The molecule has 3 saturated heterocycles. The summed E-state index contributed by atoms with van der Waals surface area (Å²) in [7, 11) is 0. The quantitative estimate of drug-likeness (QED) is 0.298. The number of nitrogens with one attached hydrogen (secondary N) is 2. The first-order valence-electron chi connectivity index (χ1n) is 15.7. The first kappa shape index (κ1) is 29.5. The molecule has 12 nitrogen and oxygen atoms in total. The number of hydrogen-bond acceptors (Lipinski definition) is 10. The van der Waals surface area contributed by atoms with E-state index in [1.807, 2.05) is 0 Å². The minimum absolute atomic E-state index is 0.0146. The molecule has 5 aliphatic heterocycles. The molecule has 0 unspecified atom stereocenters. The third-order valence-corrected chi connectivity index (χ3v) is 10.1. The Morgan fingerprint density at radius 3 is 2.98 bits per heavy atom. The molecule has 0 spiro atoms. The lowest BCUT2D eigenvalue weighted by atomic mass is 9.95. The van der Waals surface area contributed by atoms with Gasteiger partial charge in [-0.2, -0.15) is 15.1 Å². The highest BCUT2D eigenvalue weighted by molar-refractivity contribution is 6.33. The summed E-state index contributed by atoms with van der Waals surface area (Å²) in [6.07, 6.45) is 3.96. The molecule has 46 heavy (non-hydrogen) atoms. The maximum atomic E-state index is 16.9. The summed E-state index contributed by atoms with van der Waals surface area (Å²) in [5.74, 6) is -0.382. The molecule has 0 radical (unpaired) electrons. The summed E-state index contributed by atoms with van der Waals surface area (Å²) < 4.78 is 43.1. The van der Waals surface area contributed by atoms with Crippen molar-refractivity contribution >= 4 is 45.3 Å². The van der Waals surface area contributed by atoms with Crippen molar-refractivity contribution in [2.24, 2.45) is 0 Å². The van der Waals surface area contributed by atoms with Crippen LogP contribution in [0.25, 0.3) is 33.1 Å². The molecule has 3 fully saturated rings. The number of anilines is 1. The number of aliphatic hydroxyl groups excluding tert-OH is 1. The van der Waals surface area contributed by atoms with E-state index in [2.05, 4.69) is 30.4 Å². The number of H-pyrrole nitrogens is 1. The SMILES string of the molecule is O=C1N[C@H]2C[C@@H](O)CN(C2)c2nc(OC[C@@]34CCCN3C[C@H](F)C4)nc3c(F)c(ncc23)-c2c(c(Cl)cc3[nH]ncc23)CCCO1. The van der Waals surface area contributed by atoms with Crippen molar-refractivity contribution < 1.29 is 28.2 Å². The molecule has 1 aromatic carbocycles. The molecular formula is C31H33ClF2N8O4. The normalized spacial score (nSPS) is 26.8. The first-order chi connectivity index (χ1) is 22.3. The van der Waals surface area contributed by atoms with Crippen molar-refractivity contribution in [1.82, 2.24) is 35.4 Å². The van der Waals surface area contributed by atoms with Crippen LogP contribution < -0.4 is 15.0 Å². The van der Waals surface area contributed by atoms with Gasteiger partial charge in [0.15, 0.2) is 5.82 Å². The number of carbonyl (C=O) groups excluding carboxylic acids is 1. The molecule has 9 rings (SSSR count). The molecule has 15 heteroatoms. The summed E-state index contributed by atoms with van der Waals surface area (Å²) >= 11 is 6.75. The number of hydrogen-bond donors (Lipinski definition) is 3. The number of benzene rings is 1. The van der Waals surface area contributed by atoms with Crippen LogP contribution in [0.5, 0.6) is 6.01 Å². The Labute approximate surface area is 267 Å². The second-order valence-electron chi connectivity index (χ2n) is 12.8. The van der Waals surface area contributed by atoms with Gasteiger partial charge in [-0.25, -0.2) is 13.6 Å². The number of halogens is 3. The predicted octanol–water partition coefficient (Wildman–Crippen LogP) is 3.93. The van der Waals surface area contributed by atoms with Gasteiger partial charge in [0.05, 0.1) is 41.4 Å². The molecule has 4 aromatic rings. The Morgan fingerprint density at radius 2 is 2.09 bits per heavy atom. The Bertz CT molecular complexity index is 1840. The van der Waals surface area contributed by atoms with E-state index in [-0.39, 0.29) is 43.5 Å². The lowest BCUT2D eigenvalue weighted by Gasteiger charge is -2.37. The minimum Gasteiger partial charge on any atom is -0.461 e. The molecule has 3 aromatic heterocycles. The van der Waals surface area contributed by atoms with E-state index in [0.717, 1.165) is 19.4 Å². The van der Waals surface area contributed by atoms with E-state index in [1.165, 1.54) is 6.20 Å². The topological polar surface area (TPSA) is 142 Å². The number of aromatic amines is 1. The van der Waals surface area contributed by atoms with Gasteiger partial charge in [-0.1, -0.05) is 11.6 Å². The van der Waals surface area contributed by atoms with Crippen molar-refractivity contribution in [3.63, 3.8) is 0 Å². The number of carbonyl (C=O) groups is 1. The van der Waals surface area contributed by atoms with Gasteiger partial charge in [0, 0.05) is 48.2 Å². The van der Waals surface area contributed by atoms with Gasteiger partial charge in [-0.15, -0.1) is 0 Å². The van der Waals surface area contributed by atoms with Gasteiger partial charge < -0.3 is 24.8 Å². The van der Waals surface area contributed by atoms with E-state index in [0.29, 0.717) is 70.5 Å². The van der Waals surface area contributed by atoms with Crippen molar-refractivity contribution in [2.45, 2.75) is 62.4 Å². The van der Waals surface area contributed by atoms with Gasteiger partial charge in [-0.05, 0) is 50.3 Å². The number of amides is 1. The number of piperidine rings is 1. The Morgan fingerprint density at radius 1 is 1.20 bits per heavy atom. The fraction of sp³-hybridized carbons (Fsp3) is 0.516. The van der Waals surface area contributed by atoms with E-state index < -0.39 is 35.8 Å². The van der Waals surface area contributed by atoms with Crippen LogP contribution in [0, 0.1) is 5.82 Å². The summed E-state index contributed by atoms with van der Waals surface area (Å²) in [6, 6.07) is 1.20. The number of pyridine rings is 1. The molecule has 1 amide bonds. The number of fused-ring (bicyclic) bond motifs is 8. The van der Waals surface area contributed by atoms with Crippen LogP contribution in [0.15, 0.2) is 18.5 Å². The molecule has 5 aliphatic rings. The molecule has 3 N–H and O–H groups in total. The number of alkyl carbamates (subject to hydrolysis) is 1. The second-order valence-corrected chi connectivity index (χ2v) is 13.2. The zero-order valence-corrected chi connectivity index (χ0v) is 25.7. The average Bonchev–Trinajstić information content (AvgIpc) is 3.72. The summed E-state index contributed by atoms with van der Waals surface area (Å²) in [5, 5.41) is 22.1. The number of aromatic nitrogens is 5. The highest BCUT2D eigenvalue weighted by atomic mass is 35.5. The number of ether oxygens (including phenoxy) is 2. The van der Waals surface area contributed by atoms with Gasteiger partial charge in [0.2, 0.25) is 0 Å².